The molecule has 0 atom stereocenters. The second-order valence-electron chi connectivity index (χ2n) is 3.98. The summed E-state index contributed by atoms with van der Waals surface area (Å²) < 4.78 is 0. The van der Waals surface area contributed by atoms with Crippen LogP contribution in [0.4, 0.5) is 5.82 Å². The predicted molar refractivity (Wildman–Crippen MR) is 66.4 cm³/mol. The Morgan fingerprint density at radius 3 is 2.76 bits per heavy atom. The topological polar surface area (TPSA) is 66.3 Å². The Balaban J connectivity index is 2.69. The van der Waals surface area contributed by atoms with Crippen LogP contribution in [0.15, 0.2) is 12.4 Å². The van der Waals surface area contributed by atoms with Gasteiger partial charge in [-0.1, -0.05) is 11.6 Å². The Morgan fingerprint density at radius 2 is 2.24 bits per heavy atom. The molecule has 0 aliphatic carbocycles. The average Bonchev–Trinajstić information content (AvgIpc) is 2.23. The van der Waals surface area contributed by atoms with E-state index in [0.717, 1.165) is 0 Å². The molecule has 0 aliphatic rings. The molecule has 1 aromatic heterocycles. The maximum Gasteiger partial charge on any atom is 0.303 e. The summed E-state index contributed by atoms with van der Waals surface area (Å²) >= 11 is 5.78. The summed E-state index contributed by atoms with van der Waals surface area (Å²) in [5, 5.41) is 8.95. The van der Waals surface area contributed by atoms with Crippen molar-refractivity contribution >= 4 is 23.4 Å². The van der Waals surface area contributed by atoms with Gasteiger partial charge in [0.15, 0.2) is 0 Å². The first kappa shape index (κ1) is 13.7. The van der Waals surface area contributed by atoms with Crippen molar-refractivity contribution in [2.45, 2.75) is 32.7 Å². The summed E-state index contributed by atoms with van der Waals surface area (Å²) in [7, 11) is 0. The summed E-state index contributed by atoms with van der Waals surface area (Å²) in [5.74, 6) is -0.108. The lowest BCUT2D eigenvalue weighted by atomic mass is 10.2. The molecule has 0 unspecified atom stereocenters. The van der Waals surface area contributed by atoms with Gasteiger partial charge in [0, 0.05) is 19.0 Å². The molecule has 0 aliphatic heterocycles. The van der Waals surface area contributed by atoms with E-state index in [-0.39, 0.29) is 12.5 Å². The quantitative estimate of drug-likeness (QED) is 0.846. The standard InChI is InChI=1S/C11H16ClN3O2/c1-8(2)15(5-3-4-11(16)17)10-7-13-6-9(12)14-10/h6-8H,3-5H2,1-2H3,(H,16,17). The molecule has 0 fully saturated rings. The van der Waals surface area contributed by atoms with E-state index in [0.29, 0.717) is 23.9 Å². The number of aromatic nitrogens is 2. The zero-order valence-electron chi connectivity index (χ0n) is 9.93. The van der Waals surface area contributed by atoms with Crippen molar-refractivity contribution in [1.82, 2.24) is 9.97 Å². The average molecular weight is 258 g/mol. The number of carboxylic acids is 1. The van der Waals surface area contributed by atoms with Gasteiger partial charge >= 0.3 is 5.97 Å². The van der Waals surface area contributed by atoms with Crippen molar-refractivity contribution in [3.63, 3.8) is 0 Å². The molecule has 0 saturated carbocycles. The first-order valence-electron chi connectivity index (χ1n) is 5.46. The van der Waals surface area contributed by atoms with E-state index in [1.807, 2.05) is 18.7 Å². The third-order valence-electron chi connectivity index (χ3n) is 2.30. The lowest BCUT2D eigenvalue weighted by Gasteiger charge is -2.27. The van der Waals surface area contributed by atoms with Crippen LogP contribution < -0.4 is 4.90 Å². The minimum atomic E-state index is -0.786. The highest BCUT2D eigenvalue weighted by molar-refractivity contribution is 6.29. The number of anilines is 1. The van der Waals surface area contributed by atoms with Gasteiger partial charge in [0.1, 0.15) is 11.0 Å². The van der Waals surface area contributed by atoms with Gasteiger partial charge in [0.05, 0.1) is 12.4 Å². The lowest BCUT2D eigenvalue weighted by molar-refractivity contribution is -0.137. The van der Waals surface area contributed by atoms with Gasteiger partial charge in [-0.05, 0) is 20.3 Å². The third kappa shape index (κ3) is 4.56. The summed E-state index contributed by atoms with van der Waals surface area (Å²) in [6, 6.07) is 0.219. The van der Waals surface area contributed by atoms with Crippen LogP contribution in [0, 0.1) is 0 Å². The minimum Gasteiger partial charge on any atom is -0.481 e. The smallest absolute Gasteiger partial charge is 0.303 e. The number of rotatable bonds is 6. The Hall–Kier alpha value is -1.36. The first-order chi connectivity index (χ1) is 8.00. The number of carbonyl (C=O) groups is 1. The number of hydrogen-bond acceptors (Lipinski definition) is 4. The van der Waals surface area contributed by atoms with Gasteiger partial charge < -0.3 is 10.0 Å². The Kier molecular flexibility index (Phi) is 5.15. The van der Waals surface area contributed by atoms with Crippen LogP contribution in [0.2, 0.25) is 5.15 Å². The van der Waals surface area contributed by atoms with Gasteiger partial charge in [-0.25, -0.2) is 4.98 Å². The Labute approximate surface area is 105 Å². The van der Waals surface area contributed by atoms with E-state index in [4.69, 9.17) is 16.7 Å². The third-order valence-corrected chi connectivity index (χ3v) is 2.48. The molecule has 0 radical (unpaired) electrons. The van der Waals surface area contributed by atoms with Crippen LogP contribution >= 0.6 is 11.6 Å². The van der Waals surface area contributed by atoms with Crippen molar-refractivity contribution in [2.24, 2.45) is 0 Å². The number of hydrogen-bond donors (Lipinski definition) is 1. The highest BCUT2D eigenvalue weighted by atomic mass is 35.5. The van der Waals surface area contributed by atoms with E-state index in [1.165, 1.54) is 6.20 Å². The van der Waals surface area contributed by atoms with Gasteiger partial charge in [-0.2, -0.15) is 0 Å². The first-order valence-corrected chi connectivity index (χ1v) is 5.84. The molecular weight excluding hydrogens is 242 g/mol. The van der Waals surface area contributed by atoms with E-state index in [9.17, 15) is 4.79 Å². The molecule has 17 heavy (non-hydrogen) atoms. The minimum absolute atomic E-state index is 0.150. The summed E-state index contributed by atoms with van der Waals surface area (Å²) in [4.78, 5) is 20.6. The SMILES string of the molecule is CC(C)N(CCCC(=O)O)c1cncc(Cl)n1. The van der Waals surface area contributed by atoms with E-state index < -0.39 is 5.97 Å². The van der Waals surface area contributed by atoms with Crippen LogP contribution in [0.5, 0.6) is 0 Å². The normalized spacial score (nSPS) is 10.6. The van der Waals surface area contributed by atoms with Crippen LogP contribution in [-0.4, -0.2) is 33.6 Å². The van der Waals surface area contributed by atoms with Crippen LogP contribution in [-0.2, 0) is 4.79 Å². The zero-order chi connectivity index (χ0) is 12.8. The molecule has 1 N–H and O–H groups in total. The molecule has 1 aromatic rings. The summed E-state index contributed by atoms with van der Waals surface area (Å²) in [6.45, 7) is 4.66. The largest absolute Gasteiger partial charge is 0.481 e. The summed E-state index contributed by atoms with van der Waals surface area (Å²) in [6.07, 6.45) is 3.83. The molecule has 1 rings (SSSR count). The van der Waals surface area contributed by atoms with E-state index in [2.05, 4.69) is 9.97 Å². The lowest BCUT2D eigenvalue weighted by Crippen LogP contribution is -2.32. The van der Waals surface area contributed by atoms with E-state index in [1.54, 1.807) is 6.20 Å². The molecule has 6 heteroatoms. The second kappa shape index (κ2) is 6.39. The molecule has 0 spiro atoms. The number of halogens is 1. The molecule has 94 valence electrons. The molecule has 0 saturated heterocycles. The fourth-order valence-electron chi connectivity index (χ4n) is 1.51. The van der Waals surface area contributed by atoms with Crippen molar-refractivity contribution in [1.29, 1.82) is 0 Å². The molecule has 0 aromatic carbocycles. The van der Waals surface area contributed by atoms with Crippen LogP contribution in [0.3, 0.4) is 0 Å². The van der Waals surface area contributed by atoms with Gasteiger partial charge in [-0.15, -0.1) is 0 Å². The summed E-state index contributed by atoms with van der Waals surface area (Å²) in [5.41, 5.74) is 0. The van der Waals surface area contributed by atoms with Crippen molar-refractivity contribution in [3.05, 3.63) is 17.5 Å². The highest BCUT2D eigenvalue weighted by Crippen LogP contribution is 2.16. The maximum absolute atomic E-state index is 10.5. The number of nitrogens with zero attached hydrogens (tertiary/aromatic N) is 3. The maximum atomic E-state index is 10.5. The van der Waals surface area contributed by atoms with Gasteiger partial charge in [0.2, 0.25) is 0 Å². The fraction of sp³-hybridized carbons (Fsp3) is 0.545. The van der Waals surface area contributed by atoms with Crippen molar-refractivity contribution in [3.8, 4) is 0 Å². The predicted octanol–water partition coefficient (Wildman–Crippen LogP) is 2.21. The van der Waals surface area contributed by atoms with Gasteiger partial charge in [-0.3, -0.25) is 9.78 Å². The molecule has 0 bridgehead atoms. The molecular formula is C11H16ClN3O2. The Morgan fingerprint density at radius 1 is 1.53 bits per heavy atom. The number of carboxylic acid groups (broad SMARTS) is 1. The van der Waals surface area contributed by atoms with E-state index >= 15 is 0 Å². The molecule has 1 heterocycles. The van der Waals surface area contributed by atoms with Crippen LogP contribution in [0.25, 0.3) is 0 Å². The van der Waals surface area contributed by atoms with Crippen molar-refractivity contribution < 1.29 is 9.90 Å². The number of aliphatic carboxylic acids is 1. The second-order valence-corrected chi connectivity index (χ2v) is 4.37. The molecule has 5 nitrogen and oxygen atoms in total. The Bertz CT molecular complexity index is 385. The highest BCUT2D eigenvalue weighted by Gasteiger charge is 2.13. The monoisotopic (exact) mass is 257 g/mol. The van der Waals surface area contributed by atoms with Gasteiger partial charge in [0.25, 0.3) is 0 Å². The fourth-order valence-corrected chi connectivity index (χ4v) is 1.65. The van der Waals surface area contributed by atoms with Crippen molar-refractivity contribution in [2.75, 3.05) is 11.4 Å². The zero-order valence-corrected chi connectivity index (χ0v) is 10.7. The van der Waals surface area contributed by atoms with Crippen LogP contribution in [0.1, 0.15) is 26.7 Å². The molecule has 0 amide bonds.